The molecule has 0 saturated heterocycles. The number of anilines is 5. The normalized spacial score (nSPS) is 11.3. The standard InChI is InChI=1S/C20H20F3N5/c1-3-28(16-6-4-5-13(2)11-16)19-17(24)18(25-12-26-19)27-15-9-7-14(8-10-15)20(21,22)23/h4-12H,3,24H2,1-2H3,(H,25,26,27). The van der Waals surface area contributed by atoms with Gasteiger partial charge in [0.15, 0.2) is 11.6 Å². The van der Waals surface area contributed by atoms with E-state index in [4.69, 9.17) is 5.73 Å². The molecule has 0 fully saturated rings. The van der Waals surface area contributed by atoms with E-state index in [0.717, 1.165) is 23.4 Å². The van der Waals surface area contributed by atoms with Crippen LogP contribution in [0, 0.1) is 6.92 Å². The van der Waals surface area contributed by atoms with E-state index in [1.165, 1.54) is 18.5 Å². The third-order valence-corrected chi connectivity index (χ3v) is 4.22. The summed E-state index contributed by atoms with van der Waals surface area (Å²) in [7, 11) is 0. The number of rotatable bonds is 5. The highest BCUT2D eigenvalue weighted by Crippen LogP contribution is 2.34. The summed E-state index contributed by atoms with van der Waals surface area (Å²) in [6.07, 6.45) is -3.01. The molecule has 0 radical (unpaired) electrons. The molecule has 1 aromatic heterocycles. The Morgan fingerprint density at radius 2 is 1.79 bits per heavy atom. The molecule has 0 bridgehead atoms. The van der Waals surface area contributed by atoms with Crippen LogP contribution in [0.5, 0.6) is 0 Å². The molecule has 146 valence electrons. The van der Waals surface area contributed by atoms with Gasteiger partial charge in [-0.3, -0.25) is 0 Å². The van der Waals surface area contributed by atoms with Crippen LogP contribution in [0.25, 0.3) is 0 Å². The van der Waals surface area contributed by atoms with Gasteiger partial charge in [-0.05, 0) is 55.8 Å². The van der Waals surface area contributed by atoms with Gasteiger partial charge in [-0.25, -0.2) is 9.97 Å². The quantitative estimate of drug-likeness (QED) is 0.623. The van der Waals surface area contributed by atoms with Gasteiger partial charge in [-0.1, -0.05) is 12.1 Å². The molecule has 0 spiro atoms. The Morgan fingerprint density at radius 3 is 2.39 bits per heavy atom. The molecule has 1 heterocycles. The first-order valence-corrected chi connectivity index (χ1v) is 8.68. The molecule has 0 amide bonds. The third kappa shape index (κ3) is 4.16. The second-order valence-electron chi connectivity index (χ2n) is 6.24. The first-order chi connectivity index (χ1) is 13.3. The number of hydrogen-bond acceptors (Lipinski definition) is 5. The van der Waals surface area contributed by atoms with Crippen LogP contribution in [0.15, 0.2) is 54.9 Å². The molecule has 28 heavy (non-hydrogen) atoms. The van der Waals surface area contributed by atoms with Crippen LogP contribution >= 0.6 is 0 Å². The van der Waals surface area contributed by atoms with Gasteiger partial charge in [-0.15, -0.1) is 0 Å². The Morgan fingerprint density at radius 1 is 1.07 bits per heavy atom. The molecular formula is C20H20F3N5. The lowest BCUT2D eigenvalue weighted by Crippen LogP contribution is -2.20. The predicted molar refractivity (Wildman–Crippen MR) is 105 cm³/mol. The molecule has 0 aliphatic heterocycles. The van der Waals surface area contributed by atoms with E-state index in [2.05, 4.69) is 15.3 Å². The lowest BCUT2D eigenvalue weighted by atomic mass is 10.2. The summed E-state index contributed by atoms with van der Waals surface area (Å²) in [5, 5.41) is 2.96. The maximum atomic E-state index is 12.7. The number of nitrogen functional groups attached to an aromatic ring is 1. The smallest absolute Gasteiger partial charge is 0.393 e. The maximum Gasteiger partial charge on any atom is 0.416 e. The van der Waals surface area contributed by atoms with Crippen molar-refractivity contribution in [3.05, 3.63) is 66.0 Å². The zero-order chi connectivity index (χ0) is 20.3. The number of alkyl halides is 3. The van der Waals surface area contributed by atoms with Gasteiger partial charge < -0.3 is 16.0 Å². The number of aromatic nitrogens is 2. The molecule has 0 saturated carbocycles. The fourth-order valence-corrected chi connectivity index (χ4v) is 2.83. The molecule has 0 atom stereocenters. The molecule has 0 aliphatic carbocycles. The van der Waals surface area contributed by atoms with Crippen molar-refractivity contribution >= 4 is 28.7 Å². The summed E-state index contributed by atoms with van der Waals surface area (Å²) in [5.74, 6) is 0.855. The van der Waals surface area contributed by atoms with Crippen molar-refractivity contribution < 1.29 is 13.2 Å². The van der Waals surface area contributed by atoms with E-state index in [1.54, 1.807) is 0 Å². The van der Waals surface area contributed by atoms with E-state index in [-0.39, 0.29) is 0 Å². The van der Waals surface area contributed by atoms with Crippen molar-refractivity contribution in [1.29, 1.82) is 0 Å². The van der Waals surface area contributed by atoms with Crippen molar-refractivity contribution in [3.63, 3.8) is 0 Å². The van der Waals surface area contributed by atoms with Crippen LogP contribution in [0.1, 0.15) is 18.1 Å². The highest BCUT2D eigenvalue weighted by molar-refractivity contribution is 5.81. The average molecular weight is 387 g/mol. The summed E-state index contributed by atoms with van der Waals surface area (Å²) in [4.78, 5) is 10.4. The molecule has 8 heteroatoms. The Bertz CT molecular complexity index is 955. The summed E-state index contributed by atoms with van der Waals surface area (Å²) in [6.45, 7) is 4.61. The molecule has 3 aromatic rings. The van der Waals surface area contributed by atoms with Crippen LogP contribution in [0.3, 0.4) is 0 Å². The second-order valence-corrected chi connectivity index (χ2v) is 6.24. The Hall–Kier alpha value is -3.29. The van der Waals surface area contributed by atoms with Gasteiger partial charge in [0, 0.05) is 17.9 Å². The SMILES string of the molecule is CCN(c1cccc(C)c1)c1ncnc(Nc2ccc(C(F)(F)F)cc2)c1N. The zero-order valence-corrected chi connectivity index (χ0v) is 15.5. The summed E-state index contributed by atoms with van der Waals surface area (Å²) < 4.78 is 38.1. The first-order valence-electron chi connectivity index (χ1n) is 8.68. The van der Waals surface area contributed by atoms with Crippen molar-refractivity contribution in [1.82, 2.24) is 9.97 Å². The lowest BCUT2D eigenvalue weighted by Gasteiger charge is -2.24. The first kappa shape index (κ1) is 19.5. The van der Waals surface area contributed by atoms with Crippen molar-refractivity contribution in [2.24, 2.45) is 0 Å². The second kappa shape index (κ2) is 7.75. The van der Waals surface area contributed by atoms with E-state index < -0.39 is 11.7 Å². The molecular weight excluding hydrogens is 367 g/mol. The molecule has 0 unspecified atom stereocenters. The topological polar surface area (TPSA) is 67.1 Å². The van der Waals surface area contributed by atoms with Gasteiger partial charge in [0.1, 0.15) is 12.0 Å². The van der Waals surface area contributed by atoms with Gasteiger partial charge in [-0.2, -0.15) is 13.2 Å². The lowest BCUT2D eigenvalue weighted by molar-refractivity contribution is -0.137. The minimum atomic E-state index is -4.38. The van der Waals surface area contributed by atoms with Crippen LogP contribution in [-0.4, -0.2) is 16.5 Å². The van der Waals surface area contributed by atoms with Gasteiger partial charge >= 0.3 is 6.18 Å². The predicted octanol–water partition coefficient (Wildman–Crippen LogP) is 5.29. The number of aryl methyl sites for hydroxylation is 1. The molecule has 3 rings (SSSR count). The minimum Gasteiger partial charge on any atom is -0.393 e. The van der Waals surface area contributed by atoms with E-state index >= 15 is 0 Å². The zero-order valence-electron chi connectivity index (χ0n) is 15.5. The largest absolute Gasteiger partial charge is 0.416 e. The van der Waals surface area contributed by atoms with Gasteiger partial charge in [0.05, 0.1) is 5.56 Å². The van der Waals surface area contributed by atoms with E-state index in [9.17, 15) is 13.2 Å². The maximum absolute atomic E-state index is 12.7. The van der Waals surface area contributed by atoms with Crippen molar-refractivity contribution in [2.75, 3.05) is 22.5 Å². The third-order valence-electron chi connectivity index (χ3n) is 4.22. The number of hydrogen-bond donors (Lipinski definition) is 2. The Balaban J connectivity index is 1.90. The molecule has 3 N–H and O–H groups in total. The van der Waals surface area contributed by atoms with Crippen molar-refractivity contribution in [2.45, 2.75) is 20.0 Å². The molecule has 0 aliphatic rings. The van der Waals surface area contributed by atoms with E-state index in [0.29, 0.717) is 29.6 Å². The fraction of sp³-hybridized carbons (Fsp3) is 0.200. The molecule has 2 aromatic carbocycles. The highest BCUT2D eigenvalue weighted by atomic mass is 19.4. The summed E-state index contributed by atoms with van der Waals surface area (Å²) in [6, 6.07) is 12.6. The van der Waals surface area contributed by atoms with Crippen LogP contribution < -0.4 is 16.0 Å². The number of halogens is 3. The summed E-state index contributed by atoms with van der Waals surface area (Å²) >= 11 is 0. The fourth-order valence-electron chi connectivity index (χ4n) is 2.83. The molecule has 5 nitrogen and oxygen atoms in total. The average Bonchev–Trinajstić information content (AvgIpc) is 2.65. The van der Waals surface area contributed by atoms with E-state index in [1.807, 2.05) is 43.0 Å². The van der Waals surface area contributed by atoms with Crippen LogP contribution in [0.2, 0.25) is 0 Å². The number of nitrogens with one attached hydrogen (secondary N) is 1. The highest BCUT2D eigenvalue weighted by Gasteiger charge is 2.30. The van der Waals surface area contributed by atoms with Crippen LogP contribution in [0.4, 0.5) is 41.9 Å². The van der Waals surface area contributed by atoms with Gasteiger partial charge in [0.25, 0.3) is 0 Å². The minimum absolute atomic E-state index is 0.311. The number of nitrogens with two attached hydrogens (primary N) is 1. The monoisotopic (exact) mass is 387 g/mol. The number of benzene rings is 2. The van der Waals surface area contributed by atoms with Gasteiger partial charge in [0.2, 0.25) is 0 Å². The Labute approximate surface area is 161 Å². The number of nitrogens with zero attached hydrogens (tertiary/aromatic N) is 3. The van der Waals surface area contributed by atoms with Crippen molar-refractivity contribution in [3.8, 4) is 0 Å². The Kier molecular flexibility index (Phi) is 5.39. The van der Waals surface area contributed by atoms with Crippen LogP contribution in [-0.2, 0) is 6.18 Å². The summed E-state index contributed by atoms with van der Waals surface area (Å²) in [5.41, 5.74) is 8.36.